The van der Waals surface area contributed by atoms with Crippen LogP contribution in [0.25, 0.3) is 10.9 Å². The van der Waals surface area contributed by atoms with E-state index >= 15 is 0 Å². The molecule has 0 aliphatic rings. The van der Waals surface area contributed by atoms with Gasteiger partial charge in [0.2, 0.25) is 5.78 Å². The monoisotopic (exact) mass is 255 g/mol. The maximum atomic E-state index is 12.0. The van der Waals surface area contributed by atoms with Crippen LogP contribution in [0, 0.1) is 0 Å². The van der Waals surface area contributed by atoms with Crippen LogP contribution >= 0.6 is 0 Å². The van der Waals surface area contributed by atoms with Gasteiger partial charge in [0, 0.05) is 11.9 Å². The highest BCUT2D eigenvalue weighted by Gasteiger charge is 2.15. The predicted molar refractivity (Wildman–Crippen MR) is 69.8 cm³/mol. The molecule has 0 unspecified atom stereocenters. The Balaban J connectivity index is 1.99. The molecule has 19 heavy (non-hydrogen) atoms. The number of rotatable bonds is 4. The number of carbonyl (C=O) groups excluding carboxylic acids is 1. The van der Waals surface area contributed by atoms with Crippen LogP contribution in [0.15, 0.2) is 30.6 Å². The molecule has 0 amide bonds. The number of fused-ring (bicyclic) bond motifs is 1. The van der Waals surface area contributed by atoms with E-state index in [0.717, 1.165) is 23.1 Å². The summed E-state index contributed by atoms with van der Waals surface area (Å²) in [5.74, 6) is 0.166. The van der Waals surface area contributed by atoms with Crippen molar-refractivity contribution >= 4 is 16.7 Å². The summed E-state index contributed by atoms with van der Waals surface area (Å²) in [7, 11) is 0. The van der Waals surface area contributed by atoms with Crippen molar-refractivity contribution < 1.29 is 4.79 Å². The number of carbonyl (C=O) groups is 1. The average Bonchev–Trinajstić information content (AvgIpc) is 3.07. The number of aromatic nitrogens is 5. The van der Waals surface area contributed by atoms with E-state index in [1.54, 1.807) is 0 Å². The van der Waals surface area contributed by atoms with Crippen molar-refractivity contribution in [1.29, 1.82) is 0 Å². The Hall–Kier alpha value is -2.50. The van der Waals surface area contributed by atoms with E-state index in [0.29, 0.717) is 0 Å². The molecule has 3 aromatic rings. The molecule has 2 aromatic heterocycles. The molecule has 0 radical (unpaired) electrons. The summed E-state index contributed by atoms with van der Waals surface area (Å²) < 4.78 is 1.90. The highest BCUT2D eigenvalue weighted by Crippen LogP contribution is 2.19. The van der Waals surface area contributed by atoms with Crippen molar-refractivity contribution in [2.24, 2.45) is 0 Å². The van der Waals surface area contributed by atoms with Gasteiger partial charge in [-0.25, -0.2) is 4.98 Å². The molecule has 1 N–H and O–H groups in total. The highest BCUT2D eigenvalue weighted by molar-refractivity contribution is 5.96. The zero-order valence-electron chi connectivity index (χ0n) is 10.5. The van der Waals surface area contributed by atoms with Crippen molar-refractivity contribution in [1.82, 2.24) is 25.0 Å². The molecule has 0 bridgehead atoms. The van der Waals surface area contributed by atoms with Gasteiger partial charge in [-0.1, -0.05) is 18.2 Å². The second-order valence-corrected chi connectivity index (χ2v) is 4.21. The average molecular weight is 255 g/mol. The van der Waals surface area contributed by atoms with E-state index in [2.05, 4.69) is 20.3 Å². The Kier molecular flexibility index (Phi) is 2.83. The number of para-hydroxylation sites is 1. The van der Waals surface area contributed by atoms with E-state index in [9.17, 15) is 4.79 Å². The number of aryl methyl sites for hydroxylation is 1. The van der Waals surface area contributed by atoms with Gasteiger partial charge in [0.1, 0.15) is 6.33 Å². The Bertz CT molecular complexity index is 714. The molecule has 1 aromatic carbocycles. The minimum atomic E-state index is -0.107. The molecule has 96 valence electrons. The van der Waals surface area contributed by atoms with Crippen molar-refractivity contribution in [3.63, 3.8) is 0 Å². The van der Waals surface area contributed by atoms with Crippen molar-refractivity contribution in [3.8, 4) is 0 Å². The number of hydrogen-bond donors (Lipinski definition) is 1. The third-order valence-corrected chi connectivity index (χ3v) is 3.04. The van der Waals surface area contributed by atoms with Crippen LogP contribution in [0.4, 0.5) is 0 Å². The molecule has 3 rings (SSSR count). The lowest BCUT2D eigenvalue weighted by molar-refractivity contribution is 0.0982. The summed E-state index contributed by atoms with van der Waals surface area (Å²) >= 11 is 0. The second kappa shape index (κ2) is 4.64. The fourth-order valence-electron chi connectivity index (χ4n) is 2.14. The third kappa shape index (κ3) is 2.01. The standard InChI is InChI=1S/C13H13N5O/c1-2-18-11-6-4-3-5-9(11)10(17-18)7-12(19)13-14-8-15-16-13/h3-6,8H,2,7H2,1H3,(H,14,15,16). The van der Waals surface area contributed by atoms with E-state index in [4.69, 9.17) is 0 Å². The number of hydrogen-bond acceptors (Lipinski definition) is 4. The third-order valence-electron chi connectivity index (χ3n) is 3.04. The minimum absolute atomic E-state index is 0.107. The van der Waals surface area contributed by atoms with Crippen molar-refractivity contribution in [2.75, 3.05) is 0 Å². The first-order valence-electron chi connectivity index (χ1n) is 6.12. The van der Waals surface area contributed by atoms with Crippen LogP contribution in [-0.2, 0) is 13.0 Å². The molecule has 0 fully saturated rings. The Labute approximate surface area is 109 Å². The van der Waals surface area contributed by atoms with Gasteiger partial charge in [-0.3, -0.25) is 14.6 Å². The number of nitrogens with zero attached hydrogens (tertiary/aromatic N) is 4. The molecule has 0 spiro atoms. The molecule has 2 heterocycles. The number of aromatic amines is 1. The smallest absolute Gasteiger partial charge is 0.205 e. The van der Waals surface area contributed by atoms with Gasteiger partial charge in [-0.2, -0.15) is 10.2 Å². The first-order valence-corrected chi connectivity index (χ1v) is 6.12. The fourth-order valence-corrected chi connectivity index (χ4v) is 2.14. The normalized spacial score (nSPS) is 11.0. The summed E-state index contributed by atoms with van der Waals surface area (Å²) in [6, 6.07) is 7.91. The lowest BCUT2D eigenvalue weighted by Crippen LogP contribution is -2.07. The molecule has 0 saturated carbocycles. The van der Waals surface area contributed by atoms with Gasteiger partial charge in [0.25, 0.3) is 0 Å². The molecule has 6 heteroatoms. The zero-order valence-corrected chi connectivity index (χ0v) is 10.5. The maximum absolute atomic E-state index is 12.0. The van der Waals surface area contributed by atoms with E-state index in [-0.39, 0.29) is 18.0 Å². The number of nitrogens with one attached hydrogen (secondary N) is 1. The van der Waals surface area contributed by atoms with Crippen LogP contribution < -0.4 is 0 Å². The number of H-pyrrole nitrogens is 1. The Morgan fingerprint density at radius 3 is 2.95 bits per heavy atom. The Morgan fingerprint density at radius 1 is 1.37 bits per heavy atom. The van der Waals surface area contributed by atoms with Gasteiger partial charge in [0.05, 0.1) is 17.6 Å². The van der Waals surface area contributed by atoms with E-state index in [1.807, 2.05) is 35.9 Å². The molecule has 0 saturated heterocycles. The molecular weight excluding hydrogens is 242 g/mol. The maximum Gasteiger partial charge on any atom is 0.205 e. The van der Waals surface area contributed by atoms with Gasteiger partial charge in [-0.15, -0.1) is 0 Å². The second-order valence-electron chi connectivity index (χ2n) is 4.21. The number of benzene rings is 1. The lowest BCUT2D eigenvalue weighted by atomic mass is 10.1. The SMILES string of the molecule is CCn1nc(CC(=O)c2ncn[nH]2)c2ccccc21. The van der Waals surface area contributed by atoms with Crippen LogP contribution in [0.5, 0.6) is 0 Å². The molecule has 6 nitrogen and oxygen atoms in total. The van der Waals surface area contributed by atoms with Gasteiger partial charge < -0.3 is 0 Å². The summed E-state index contributed by atoms with van der Waals surface area (Å²) in [5, 5.41) is 11.8. The largest absolute Gasteiger partial charge is 0.290 e. The Morgan fingerprint density at radius 2 is 2.21 bits per heavy atom. The van der Waals surface area contributed by atoms with Crippen molar-refractivity contribution in [3.05, 3.63) is 42.1 Å². The topological polar surface area (TPSA) is 76.5 Å². The van der Waals surface area contributed by atoms with Crippen LogP contribution in [0.3, 0.4) is 0 Å². The van der Waals surface area contributed by atoms with E-state index in [1.165, 1.54) is 6.33 Å². The minimum Gasteiger partial charge on any atom is -0.290 e. The quantitative estimate of drug-likeness (QED) is 0.718. The summed E-state index contributed by atoms with van der Waals surface area (Å²) in [6.45, 7) is 2.80. The first kappa shape index (κ1) is 11.6. The van der Waals surface area contributed by atoms with Gasteiger partial charge in [-0.05, 0) is 13.0 Å². The fraction of sp³-hybridized carbons (Fsp3) is 0.231. The summed E-state index contributed by atoms with van der Waals surface area (Å²) in [5.41, 5.74) is 1.82. The van der Waals surface area contributed by atoms with Crippen LogP contribution in [-0.4, -0.2) is 30.7 Å². The molecule has 0 aliphatic heterocycles. The summed E-state index contributed by atoms with van der Waals surface area (Å²) in [6.07, 6.45) is 1.55. The zero-order chi connectivity index (χ0) is 13.2. The first-order chi connectivity index (χ1) is 9.29. The lowest BCUT2D eigenvalue weighted by Gasteiger charge is -1.95. The van der Waals surface area contributed by atoms with E-state index < -0.39 is 0 Å². The molecule has 0 aliphatic carbocycles. The van der Waals surface area contributed by atoms with Crippen LogP contribution in [0.2, 0.25) is 0 Å². The van der Waals surface area contributed by atoms with Crippen LogP contribution in [0.1, 0.15) is 23.2 Å². The van der Waals surface area contributed by atoms with Crippen molar-refractivity contribution in [2.45, 2.75) is 19.9 Å². The van der Waals surface area contributed by atoms with Gasteiger partial charge in [0.15, 0.2) is 5.82 Å². The molecular formula is C13H13N5O. The predicted octanol–water partition coefficient (Wildman–Crippen LogP) is 1.60. The number of Topliss-reactive ketones (excluding diaryl/α,β-unsaturated/α-hetero) is 1. The summed E-state index contributed by atoms with van der Waals surface area (Å²) in [4.78, 5) is 15.9. The number of ketones is 1. The molecule has 0 atom stereocenters. The highest BCUT2D eigenvalue weighted by atomic mass is 16.1. The van der Waals surface area contributed by atoms with Gasteiger partial charge >= 0.3 is 0 Å².